The number of aromatic nitrogens is 3. The van der Waals surface area contributed by atoms with Gasteiger partial charge in [0.05, 0.1) is 27.9 Å². The van der Waals surface area contributed by atoms with Crippen LogP contribution in [0.2, 0.25) is 0 Å². The Labute approximate surface area is 169 Å². The first kappa shape index (κ1) is 17.3. The van der Waals surface area contributed by atoms with Crippen molar-refractivity contribution in [1.82, 2.24) is 15.2 Å². The van der Waals surface area contributed by atoms with Crippen LogP contribution in [-0.2, 0) is 0 Å². The van der Waals surface area contributed by atoms with E-state index < -0.39 is 0 Å². The van der Waals surface area contributed by atoms with Crippen LogP contribution in [0.1, 0.15) is 15.9 Å². The van der Waals surface area contributed by atoms with Gasteiger partial charge >= 0.3 is 6.01 Å². The summed E-state index contributed by atoms with van der Waals surface area (Å²) in [4.78, 5) is 18.8. The van der Waals surface area contributed by atoms with Crippen molar-refractivity contribution >= 4 is 34.2 Å². The fraction of sp³-hybridized carbons (Fsp3) is 0.0476. The van der Waals surface area contributed by atoms with Crippen molar-refractivity contribution in [2.24, 2.45) is 0 Å². The molecular weight excluding hydrogens is 388 g/mol. The summed E-state index contributed by atoms with van der Waals surface area (Å²) in [5, 5.41) is 13.2. The van der Waals surface area contributed by atoms with Crippen molar-refractivity contribution in [1.29, 1.82) is 0 Å². The Balaban J connectivity index is 1.54. The normalized spacial score (nSPS) is 11.1. The number of pyridine rings is 1. The number of amides is 1. The fourth-order valence-electron chi connectivity index (χ4n) is 3.02. The standard InChI is InChI=1S/C21H14N4O3S/c1-12-6-7-15-13(10-12)14(11-16(22-15)18-5-3-9-29-18)19(26)23-21-25-24-20(28-21)17-4-2-8-27-17/h2-11H,1H3,(H,23,25,26). The van der Waals surface area contributed by atoms with Crippen molar-refractivity contribution < 1.29 is 13.6 Å². The van der Waals surface area contributed by atoms with Gasteiger partial charge in [0.15, 0.2) is 5.76 Å². The first-order valence-corrected chi connectivity index (χ1v) is 9.69. The van der Waals surface area contributed by atoms with Crippen molar-refractivity contribution in [2.45, 2.75) is 6.92 Å². The Kier molecular flexibility index (Phi) is 4.18. The molecule has 0 aliphatic rings. The van der Waals surface area contributed by atoms with Crippen LogP contribution in [0.5, 0.6) is 0 Å². The second kappa shape index (κ2) is 6.99. The third-order valence-electron chi connectivity index (χ3n) is 4.36. The minimum atomic E-state index is -0.351. The molecule has 4 heterocycles. The first-order valence-electron chi connectivity index (χ1n) is 8.81. The van der Waals surface area contributed by atoms with Crippen molar-refractivity contribution in [3.63, 3.8) is 0 Å². The maximum atomic E-state index is 13.1. The largest absolute Gasteiger partial charge is 0.459 e. The summed E-state index contributed by atoms with van der Waals surface area (Å²) in [5.41, 5.74) is 3.01. The van der Waals surface area contributed by atoms with Crippen LogP contribution < -0.4 is 5.32 Å². The van der Waals surface area contributed by atoms with Crippen LogP contribution >= 0.6 is 11.3 Å². The van der Waals surface area contributed by atoms with Gasteiger partial charge in [0.2, 0.25) is 0 Å². The number of thiophene rings is 1. The lowest BCUT2D eigenvalue weighted by atomic mass is 10.0. The maximum Gasteiger partial charge on any atom is 0.322 e. The van der Waals surface area contributed by atoms with Crippen LogP contribution in [0.3, 0.4) is 0 Å². The lowest BCUT2D eigenvalue weighted by molar-refractivity contribution is 0.102. The van der Waals surface area contributed by atoms with Gasteiger partial charge in [0, 0.05) is 5.39 Å². The average molecular weight is 402 g/mol. The van der Waals surface area contributed by atoms with E-state index in [0.717, 1.165) is 27.0 Å². The van der Waals surface area contributed by atoms with Gasteiger partial charge in [-0.2, -0.15) is 0 Å². The van der Waals surface area contributed by atoms with E-state index in [1.807, 2.05) is 42.6 Å². The molecule has 0 fully saturated rings. The van der Waals surface area contributed by atoms with Crippen LogP contribution in [0.4, 0.5) is 6.01 Å². The predicted molar refractivity (Wildman–Crippen MR) is 110 cm³/mol. The molecule has 142 valence electrons. The van der Waals surface area contributed by atoms with Gasteiger partial charge in [-0.25, -0.2) is 4.98 Å². The molecule has 0 saturated heterocycles. The number of furan rings is 1. The molecule has 7 nitrogen and oxygen atoms in total. The van der Waals surface area contributed by atoms with E-state index in [0.29, 0.717) is 11.3 Å². The quantitative estimate of drug-likeness (QED) is 0.446. The number of hydrogen-bond donors (Lipinski definition) is 1. The van der Waals surface area contributed by atoms with E-state index >= 15 is 0 Å². The summed E-state index contributed by atoms with van der Waals surface area (Å²) in [5.74, 6) is 0.276. The number of carbonyl (C=O) groups is 1. The fourth-order valence-corrected chi connectivity index (χ4v) is 3.70. The molecule has 29 heavy (non-hydrogen) atoms. The molecule has 1 N–H and O–H groups in total. The molecule has 5 rings (SSSR count). The number of carbonyl (C=O) groups excluding carboxylic acids is 1. The molecule has 4 aromatic heterocycles. The summed E-state index contributed by atoms with van der Waals surface area (Å²) in [6.07, 6.45) is 1.51. The molecule has 0 saturated carbocycles. The van der Waals surface area contributed by atoms with Gasteiger partial charge < -0.3 is 8.83 Å². The monoisotopic (exact) mass is 402 g/mol. The van der Waals surface area contributed by atoms with E-state index in [1.54, 1.807) is 29.5 Å². The average Bonchev–Trinajstić information content (AvgIpc) is 3.48. The molecule has 0 aliphatic carbocycles. The number of aryl methyl sites for hydroxylation is 1. The topological polar surface area (TPSA) is 94.1 Å². The molecule has 0 spiro atoms. The van der Waals surface area contributed by atoms with Gasteiger partial charge in [0.25, 0.3) is 11.8 Å². The van der Waals surface area contributed by atoms with Crippen LogP contribution in [0.25, 0.3) is 33.1 Å². The molecule has 1 amide bonds. The second-order valence-electron chi connectivity index (χ2n) is 6.40. The van der Waals surface area contributed by atoms with Crippen LogP contribution in [0, 0.1) is 6.92 Å². The number of fused-ring (bicyclic) bond motifs is 1. The Morgan fingerprint density at radius 2 is 2.03 bits per heavy atom. The number of nitrogens with zero attached hydrogens (tertiary/aromatic N) is 3. The third kappa shape index (κ3) is 3.30. The molecule has 1 aromatic carbocycles. The van der Waals surface area contributed by atoms with Crippen LogP contribution in [-0.4, -0.2) is 21.1 Å². The highest BCUT2D eigenvalue weighted by molar-refractivity contribution is 7.13. The van der Waals surface area contributed by atoms with E-state index in [4.69, 9.17) is 13.8 Å². The maximum absolute atomic E-state index is 13.1. The summed E-state index contributed by atoms with van der Waals surface area (Å²) in [6.45, 7) is 1.97. The van der Waals surface area contributed by atoms with Gasteiger partial charge in [-0.1, -0.05) is 22.8 Å². The molecule has 0 unspecified atom stereocenters. The third-order valence-corrected chi connectivity index (χ3v) is 5.25. The zero-order chi connectivity index (χ0) is 19.8. The van der Waals surface area contributed by atoms with E-state index in [-0.39, 0.29) is 17.8 Å². The van der Waals surface area contributed by atoms with Crippen molar-refractivity contribution in [2.75, 3.05) is 5.32 Å². The van der Waals surface area contributed by atoms with Gasteiger partial charge in [-0.3, -0.25) is 10.1 Å². The van der Waals surface area contributed by atoms with E-state index in [9.17, 15) is 4.79 Å². The summed E-state index contributed by atoms with van der Waals surface area (Å²) >= 11 is 1.57. The number of nitrogens with one attached hydrogen (secondary N) is 1. The molecule has 5 aromatic rings. The lowest BCUT2D eigenvalue weighted by Gasteiger charge is -2.09. The van der Waals surface area contributed by atoms with Gasteiger partial charge in [-0.05, 0) is 48.7 Å². The van der Waals surface area contributed by atoms with Gasteiger partial charge in [0.1, 0.15) is 0 Å². The Morgan fingerprint density at radius 3 is 2.83 bits per heavy atom. The number of anilines is 1. The Bertz CT molecular complexity index is 1310. The number of hydrogen-bond acceptors (Lipinski definition) is 7. The summed E-state index contributed by atoms with van der Waals surface area (Å²) in [6, 6.07) is 15.0. The summed E-state index contributed by atoms with van der Waals surface area (Å²) in [7, 11) is 0. The highest BCUT2D eigenvalue weighted by atomic mass is 32.1. The summed E-state index contributed by atoms with van der Waals surface area (Å²) < 4.78 is 10.7. The second-order valence-corrected chi connectivity index (χ2v) is 7.34. The Hall–Kier alpha value is -3.78. The highest BCUT2D eigenvalue weighted by Crippen LogP contribution is 2.29. The Morgan fingerprint density at radius 1 is 1.10 bits per heavy atom. The lowest BCUT2D eigenvalue weighted by Crippen LogP contribution is -2.13. The SMILES string of the molecule is Cc1ccc2nc(-c3cccs3)cc(C(=O)Nc3nnc(-c4ccco4)o3)c2c1. The van der Waals surface area contributed by atoms with Crippen LogP contribution in [0.15, 0.2) is 69.0 Å². The number of benzene rings is 1. The number of rotatable bonds is 4. The molecule has 0 bridgehead atoms. The molecule has 8 heteroatoms. The van der Waals surface area contributed by atoms with Gasteiger partial charge in [-0.15, -0.1) is 16.4 Å². The van der Waals surface area contributed by atoms with Crippen molar-refractivity contribution in [3.05, 3.63) is 71.3 Å². The van der Waals surface area contributed by atoms with Crippen molar-refractivity contribution in [3.8, 4) is 22.2 Å². The molecule has 0 radical (unpaired) electrons. The molecular formula is C21H14N4O3S. The van der Waals surface area contributed by atoms with E-state index in [2.05, 4.69) is 15.5 Å². The zero-order valence-electron chi connectivity index (χ0n) is 15.2. The highest BCUT2D eigenvalue weighted by Gasteiger charge is 2.18. The minimum absolute atomic E-state index is 0.00307. The predicted octanol–water partition coefficient (Wildman–Crippen LogP) is 5.17. The molecule has 0 aliphatic heterocycles. The first-order chi connectivity index (χ1) is 14.2. The van der Waals surface area contributed by atoms with E-state index in [1.165, 1.54) is 6.26 Å². The molecule has 0 atom stereocenters. The zero-order valence-corrected chi connectivity index (χ0v) is 16.1. The minimum Gasteiger partial charge on any atom is -0.459 e. The smallest absolute Gasteiger partial charge is 0.322 e.